The number of aryl methyl sites for hydroxylation is 2. The zero-order valence-corrected chi connectivity index (χ0v) is 12.5. The van der Waals surface area contributed by atoms with Crippen molar-refractivity contribution in [2.24, 2.45) is 7.05 Å². The van der Waals surface area contributed by atoms with Gasteiger partial charge in [-0.2, -0.15) is 5.10 Å². The zero-order chi connectivity index (χ0) is 14.7. The lowest BCUT2D eigenvalue weighted by atomic mass is 10.2. The van der Waals surface area contributed by atoms with E-state index in [9.17, 15) is 4.79 Å². The molecule has 0 aliphatic heterocycles. The Morgan fingerprint density at radius 2 is 2.15 bits per heavy atom. The summed E-state index contributed by atoms with van der Waals surface area (Å²) in [5.74, 6) is 0. The van der Waals surface area contributed by atoms with Crippen molar-refractivity contribution >= 4 is 23.3 Å². The van der Waals surface area contributed by atoms with Crippen LogP contribution in [0.15, 0.2) is 24.4 Å². The molecule has 2 rings (SSSR count). The fraction of sp³-hybridized carbons (Fsp3) is 0.286. The van der Waals surface area contributed by atoms with E-state index in [1.165, 1.54) is 0 Å². The van der Waals surface area contributed by atoms with Crippen molar-refractivity contribution in [1.29, 1.82) is 0 Å². The Hall–Kier alpha value is -2.01. The molecule has 1 aromatic carbocycles. The van der Waals surface area contributed by atoms with E-state index in [1.54, 1.807) is 16.9 Å². The van der Waals surface area contributed by atoms with Crippen molar-refractivity contribution < 1.29 is 4.79 Å². The van der Waals surface area contributed by atoms with E-state index in [0.717, 1.165) is 16.8 Å². The van der Waals surface area contributed by atoms with E-state index in [4.69, 9.17) is 11.6 Å². The Kier molecular flexibility index (Phi) is 4.29. The van der Waals surface area contributed by atoms with Crippen molar-refractivity contribution in [3.8, 4) is 0 Å². The molecule has 0 saturated carbocycles. The van der Waals surface area contributed by atoms with E-state index >= 15 is 0 Å². The third-order valence-electron chi connectivity index (χ3n) is 3.24. The predicted molar refractivity (Wildman–Crippen MR) is 80.0 cm³/mol. The van der Waals surface area contributed by atoms with Crippen LogP contribution in [0.3, 0.4) is 0 Å². The topological polar surface area (TPSA) is 59.0 Å². The SMILES string of the molecule is Cc1cccc(Cl)c1NC(=O)NCc1cnn(C)c1C. The third-order valence-corrected chi connectivity index (χ3v) is 3.55. The van der Waals surface area contributed by atoms with Crippen LogP contribution in [0.2, 0.25) is 5.02 Å². The van der Waals surface area contributed by atoms with Gasteiger partial charge in [0.15, 0.2) is 0 Å². The van der Waals surface area contributed by atoms with Crippen molar-refractivity contribution in [1.82, 2.24) is 15.1 Å². The van der Waals surface area contributed by atoms with E-state index in [2.05, 4.69) is 15.7 Å². The third kappa shape index (κ3) is 3.11. The van der Waals surface area contributed by atoms with Gasteiger partial charge < -0.3 is 10.6 Å². The molecule has 0 fully saturated rings. The molecule has 6 heteroatoms. The Labute approximate surface area is 122 Å². The monoisotopic (exact) mass is 292 g/mol. The number of urea groups is 1. The fourth-order valence-electron chi connectivity index (χ4n) is 1.84. The molecule has 0 aliphatic rings. The zero-order valence-electron chi connectivity index (χ0n) is 11.7. The van der Waals surface area contributed by atoms with Crippen LogP contribution in [0.5, 0.6) is 0 Å². The highest BCUT2D eigenvalue weighted by molar-refractivity contribution is 6.33. The van der Waals surface area contributed by atoms with Gasteiger partial charge in [-0.15, -0.1) is 0 Å². The van der Waals surface area contributed by atoms with Gasteiger partial charge in [-0.1, -0.05) is 23.7 Å². The number of halogens is 1. The largest absolute Gasteiger partial charge is 0.334 e. The van der Waals surface area contributed by atoms with Crippen molar-refractivity contribution in [2.75, 3.05) is 5.32 Å². The average molecular weight is 293 g/mol. The maximum absolute atomic E-state index is 11.9. The van der Waals surface area contributed by atoms with Gasteiger partial charge in [0.05, 0.1) is 16.9 Å². The first-order chi connectivity index (χ1) is 9.49. The Balaban J connectivity index is 1.98. The number of hydrogen-bond acceptors (Lipinski definition) is 2. The van der Waals surface area contributed by atoms with E-state index in [0.29, 0.717) is 17.3 Å². The first-order valence-electron chi connectivity index (χ1n) is 6.26. The van der Waals surface area contributed by atoms with E-state index in [1.807, 2.05) is 33.0 Å². The molecule has 2 N–H and O–H groups in total. The predicted octanol–water partition coefficient (Wildman–Crippen LogP) is 3.01. The second-order valence-corrected chi connectivity index (χ2v) is 5.03. The highest BCUT2D eigenvalue weighted by Crippen LogP contribution is 2.24. The molecule has 106 valence electrons. The summed E-state index contributed by atoms with van der Waals surface area (Å²) in [6, 6.07) is 5.20. The summed E-state index contributed by atoms with van der Waals surface area (Å²) in [6.07, 6.45) is 1.75. The molecule has 0 radical (unpaired) electrons. The van der Waals surface area contributed by atoms with Gasteiger partial charge in [0.25, 0.3) is 0 Å². The van der Waals surface area contributed by atoms with Crippen LogP contribution < -0.4 is 10.6 Å². The number of anilines is 1. The number of benzene rings is 1. The first kappa shape index (κ1) is 14.4. The number of hydrogen-bond donors (Lipinski definition) is 2. The summed E-state index contributed by atoms with van der Waals surface area (Å²) in [6.45, 7) is 4.28. The van der Waals surface area contributed by atoms with Gasteiger partial charge in [0.2, 0.25) is 0 Å². The molecule has 0 bridgehead atoms. The molecule has 0 spiro atoms. The molecular formula is C14H17ClN4O. The Bertz CT molecular complexity index is 616. The van der Waals surface area contributed by atoms with Gasteiger partial charge in [-0.05, 0) is 25.5 Å². The molecule has 1 aromatic heterocycles. The van der Waals surface area contributed by atoms with Crippen LogP contribution in [0.25, 0.3) is 0 Å². The van der Waals surface area contributed by atoms with Crippen LogP contribution in [0.4, 0.5) is 10.5 Å². The number of aromatic nitrogens is 2. The number of carbonyl (C=O) groups is 1. The maximum Gasteiger partial charge on any atom is 0.319 e. The molecule has 0 atom stereocenters. The smallest absolute Gasteiger partial charge is 0.319 e. The van der Waals surface area contributed by atoms with Gasteiger partial charge in [-0.3, -0.25) is 4.68 Å². The van der Waals surface area contributed by atoms with Gasteiger partial charge >= 0.3 is 6.03 Å². The highest BCUT2D eigenvalue weighted by Gasteiger charge is 2.09. The van der Waals surface area contributed by atoms with Gasteiger partial charge in [0, 0.05) is 24.8 Å². The summed E-state index contributed by atoms with van der Waals surface area (Å²) in [5, 5.41) is 10.2. The fourth-order valence-corrected chi connectivity index (χ4v) is 2.11. The molecule has 2 aromatic rings. The van der Waals surface area contributed by atoms with Crippen LogP contribution in [-0.2, 0) is 13.6 Å². The van der Waals surface area contributed by atoms with E-state index in [-0.39, 0.29) is 6.03 Å². The minimum atomic E-state index is -0.288. The number of nitrogens with zero attached hydrogens (tertiary/aromatic N) is 2. The van der Waals surface area contributed by atoms with Crippen molar-refractivity contribution in [2.45, 2.75) is 20.4 Å². The Morgan fingerprint density at radius 3 is 2.75 bits per heavy atom. The summed E-state index contributed by atoms with van der Waals surface area (Å²) in [5.41, 5.74) is 3.57. The number of rotatable bonds is 3. The molecule has 0 aliphatic carbocycles. The van der Waals surface area contributed by atoms with Crippen LogP contribution in [-0.4, -0.2) is 15.8 Å². The average Bonchev–Trinajstić information content (AvgIpc) is 2.72. The second-order valence-electron chi connectivity index (χ2n) is 4.62. The lowest BCUT2D eigenvalue weighted by Gasteiger charge is -2.11. The van der Waals surface area contributed by atoms with Crippen molar-refractivity contribution in [3.63, 3.8) is 0 Å². The Morgan fingerprint density at radius 1 is 1.40 bits per heavy atom. The minimum absolute atomic E-state index is 0.288. The molecule has 0 saturated heterocycles. The first-order valence-corrected chi connectivity index (χ1v) is 6.64. The molecule has 20 heavy (non-hydrogen) atoms. The van der Waals surface area contributed by atoms with Gasteiger partial charge in [0.1, 0.15) is 0 Å². The molecule has 2 amide bonds. The number of amides is 2. The lowest BCUT2D eigenvalue weighted by molar-refractivity contribution is 0.251. The van der Waals surface area contributed by atoms with Crippen molar-refractivity contribution in [3.05, 3.63) is 46.2 Å². The second kappa shape index (κ2) is 5.96. The van der Waals surface area contributed by atoms with Crippen LogP contribution in [0, 0.1) is 13.8 Å². The van der Waals surface area contributed by atoms with Gasteiger partial charge in [-0.25, -0.2) is 4.79 Å². The van der Waals surface area contributed by atoms with Crippen LogP contribution in [0.1, 0.15) is 16.8 Å². The quantitative estimate of drug-likeness (QED) is 0.913. The molecular weight excluding hydrogens is 276 g/mol. The summed E-state index contributed by atoms with van der Waals surface area (Å²) < 4.78 is 1.77. The summed E-state index contributed by atoms with van der Waals surface area (Å²) in [4.78, 5) is 11.9. The highest BCUT2D eigenvalue weighted by atomic mass is 35.5. The minimum Gasteiger partial charge on any atom is -0.334 e. The normalized spacial score (nSPS) is 10.4. The number of carbonyl (C=O) groups excluding carboxylic acids is 1. The summed E-state index contributed by atoms with van der Waals surface area (Å²) >= 11 is 6.06. The van der Waals surface area contributed by atoms with E-state index < -0.39 is 0 Å². The maximum atomic E-state index is 11.9. The van der Waals surface area contributed by atoms with Crippen LogP contribution >= 0.6 is 11.6 Å². The molecule has 5 nitrogen and oxygen atoms in total. The molecule has 0 unspecified atom stereocenters. The number of nitrogens with one attached hydrogen (secondary N) is 2. The molecule has 1 heterocycles. The standard InChI is InChI=1S/C14H17ClN4O/c1-9-5-4-6-12(15)13(9)18-14(20)16-7-11-8-17-19(3)10(11)2/h4-6,8H,7H2,1-3H3,(H2,16,18,20). The lowest BCUT2D eigenvalue weighted by Crippen LogP contribution is -2.28. The summed E-state index contributed by atoms with van der Waals surface area (Å²) in [7, 11) is 1.87. The number of para-hydroxylation sites is 1.